The molecule has 0 bridgehead atoms. The van der Waals surface area contributed by atoms with Gasteiger partial charge in [0.15, 0.2) is 17.8 Å². The van der Waals surface area contributed by atoms with Crippen LogP contribution in [0.25, 0.3) is 0 Å². The number of allylic oxidation sites excluding steroid dienone is 3. The van der Waals surface area contributed by atoms with Crippen molar-refractivity contribution in [2.75, 3.05) is 26.6 Å². The first-order chi connectivity index (χ1) is 11.5. The number of carbonyl (C=O) groups excluding carboxylic acids is 2. The van der Waals surface area contributed by atoms with Crippen LogP contribution in [0.1, 0.15) is 17.3 Å². The quantitative estimate of drug-likeness (QED) is 0.344. The van der Waals surface area contributed by atoms with Gasteiger partial charge in [0.1, 0.15) is 5.70 Å². The van der Waals surface area contributed by atoms with Gasteiger partial charge in [-0.25, -0.2) is 0 Å². The van der Waals surface area contributed by atoms with Crippen LogP contribution < -0.4 is 20.5 Å². The Morgan fingerprint density at radius 3 is 2.25 bits per heavy atom. The first kappa shape index (κ1) is 20.9. The number of hydrogen-bond acceptors (Lipinski definition) is 6. The van der Waals surface area contributed by atoms with E-state index in [-0.39, 0.29) is 0 Å². The van der Waals surface area contributed by atoms with E-state index in [9.17, 15) is 9.59 Å². The minimum absolute atomic E-state index is 0.371. The van der Waals surface area contributed by atoms with E-state index < -0.39 is 5.91 Å². The monoisotopic (exact) mass is 333 g/mol. The summed E-state index contributed by atoms with van der Waals surface area (Å²) in [5.74, 6) is 0.512. The van der Waals surface area contributed by atoms with Crippen LogP contribution in [0, 0.1) is 0 Å². The van der Waals surface area contributed by atoms with Crippen molar-refractivity contribution >= 4 is 24.1 Å². The second-order valence-corrected chi connectivity index (χ2v) is 4.20. The molecule has 1 amide bonds. The number of rotatable bonds is 7. The van der Waals surface area contributed by atoms with E-state index in [1.165, 1.54) is 20.3 Å². The lowest BCUT2D eigenvalue weighted by molar-refractivity contribution is -0.104. The Balaban J connectivity index is 0.000000506. The molecule has 7 nitrogen and oxygen atoms in total. The van der Waals surface area contributed by atoms with Crippen molar-refractivity contribution in [3.8, 4) is 11.5 Å². The Kier molecular flexibility index (Phi) is 10.00. The molecule has 1 rings (SSSR count). The molecule has 0 aromatic heterocycles. The molecule has 0 saturated carbocycles. The lowest BCUT2D eigenvalue weighted by Gasteiger charge is -2.12. The molecule has 7 heteroatoms. The molecule has 0 saturated heterocycles. The summed E-state index contributed by atoms with van der Waals surface area (Å²) in [7, 11) is 4.73. The van der Waals surface area contributed by atoms with Gasteiger partial charge in [0.05, 0.1) is 25.5 Å². The standard InChI is InChI=1S/C10H14N2O3.C7H9NO/c1-12-7-5-9(15-3)8(14-2)4-6(7)10(11)13;1-3-5-7(6-9)8-4-2/h4-5,12H,1-3H3,(H2,11,13);3-6H,1H2,2H3/b;7-5-,8-4?. The fourth-order valence-corrected chi connectivity index (χ4v) is 1.67. The van der Waals surface area contributed by atoms with Crippen LogP contribution in [0.2, 0.25) is 0 Å². The van der Waals surface area contributed by atoms with Crippen molar-refractivity contribution in [3.05, 3.63) is 42.1 Å². The normalized spacial score (nSPS) is 10.4. The highest BCUT2D eigenvalue weighted by Gasteiger charge is 2.13. The molecule has 1 aromatic carbocycles. The van der Waals surface area contributed by atoms with E-state index in [0.717, 1.165) is 0 Å². The fraction of sp³-hybridized carbons (Fsp3) is 0.235. The van der Waals surface area contributed by atoms with Crippen LogP contribution >= 0.6 is 0 Å². The van der Waals surface area contributed by atoms with E-state index in [2.05, 4.69) is 16.9 Å². The summed E-state index contributed by atoms with van der Waals surface area (Å²) in [5, 5.41) is 2.87. The SMILES string of the molecule is C=C/C=C(/C=O)N=CC.CNc1cc(OC)c(OC)cc1C(N)=O. The number of nitrogens with zero attached hydrogens (tertiary/aromatic N) is 1. The molecule has 0 spiro atoms. The van der Waals surface area contributed by atoms with E-state index in [1.807, 2.05) is 0 Å². The number of benzene rings is 1. The molecule has 24 heavy (non-hydrogen) atoms. The van der Waals surface area contributed by atoms with Gasteiger partial charge >= 0.3 is 0 Å². The summed E-state index contributed by atoms with van der Waals surface area (Å²) in [6.07, 6.45) is 5.31. The molecular formula is C17H23N3O4. The zero-order valence-electron chi connectivity index (χ0n) is 14.3. The Labute approximate surface area is 141 Å². The average molecular weight is 333 g/mol. The molecule has 0 aliphatic rings. The van der Waals surface area contributed by atoms with Crippen LogP contribution in [-0.2, 0) is 4.79 Å². The number of ether oxygens (including phenoxy) is 2. The molecule has 0 fully saturated rings. The fourth-order valence-electron chi connectivity index (χ4n) is 1.67. The van der Waals surface area contributed by atoms with Crippen LogP contribution in [0.3, 0.4) is 0 Å². The van der Waals surface area contributed by atoms with Gasteiger partial charge in [-0.15, -0.1) is 0 Å². The van der Waals surface area contributed by atoms with Crippen LogP contribution in [-0.4, -0.2) is 39.7 Å². The van der Waals surface area contributed by atoms with Gasteiger partial charge in [-0.05, 0) is 19.1 Å². The number of anilines is 1. The molecule has 0 aliphatic heterocycles. The van der Waals surface area contributed by atoms with Crippen molar-refractivity contribution in [2.45, 2.75) is 6.92 Å². The third-order valence-corrected chi connectivity index (χ3v) is 2.75. The van der Waals surface area contributed by atoms with E-state index in [0.29, 0.717) is 34.7 Å². The molecule has 0 unspecified atom stereocenters. The van der Waals surface area contributed by atoms with Crippen LogP contribution in [0.15, 0.2) is 41.6 Å². The Morgan fingerprint density at radius 2 is 1.88 bits per heavy atom. The second-order valence-electron chi connectivity index (χ2n) is 4.20. The van der Waals surface area contributed by atoms with Gasteiger partial charge in [0, 0.05) is 19.3 Å². The predicted octanol–water partition coefficient (Wildman–Crippen LogP) is 2.19. The highest BCUT2D eigenvalue weighted by Crippen LogP contribution is 2.32. The van der Waals surface area contributed by atoms with Gasteiger partial charge in [-0.1, -0.05) is 12.7 Å². The minimum atomic E-state index is -0.514. The Hall–Kier alpha value is -3.09. The summed E-state index contributed by atoms with van der Waals surface area (Å²) in [5.41, 5.74) is 6.61. The molecule has 130 valence electrons. The van der Waals surface area contributed by atoms with Crippen molar-refractivity contribution < 1.29 is 19.1 Å². The predicted molar refractivity (Wildman–Crippen MR) is 96.1 cm³/mol. The third kappa shape index (κ3) is 6.35. The summed E-state index contributed by atoms with van der Waals surface area (Å²) < 4.78 is 10.2. The number of carbonyl (C=O) groups is 2. The molecule has 0 atom stereocenters. The van der Waals surface area contributed by atoms with Crippen LogP contribution in [0.4, 0.5) is 5.69 Å². The number of aldehydes is 1. The van der Waals surface area contributed by atoms with Crippen molar-refractivity contribution in [3.63, 3.8) is 0 Å². The van der Waals surface area contributed by atoms with Crippen molar-refractivity contribution in [1.82, 2.24) is 0 Å². The first-order valence-electron chi connectivity index (χ1n) is 6.99. The van der Waals surface area contributed by atoms with E-state index in [4.69, 9.17) is 15.2 Å². The number of nitrogens with two attached hydrogens (primary N) is 1. The number of nitrogens with one attached hydrogen (secondary N) is 1. The summed E-state index contributed by atoms with van der Waals surface area (Å²) >= 11 is 0. The smallest absolute Gasteiger partial charge is 0.250 e. The molecule has 1 aromatic rings. The third-order valence-electron chi connectivity index (χ3n) is 2.75. The minimum Gasteiger partial charge on any atom is -0.493 e. The van der Waals surface area contributed by atoms with E-state index >= 15 is 0 Å². The van der Waals surface area contributed by atoms with Gasteiger partial charge in [0.25, 0.3) is 5.91 Å². The maximum Gasteiger partial charge on any atom is 0.250 e. The number of aliphatic imine (C=N–C) groups is 1. The summed E-state index contributed by atoms with van der Waals surface area (Å²) in [6, 6.07) is 3.21. The van der Waals surface area contributed by atoms with Gasteiger partial charge < -0.3 is 20.5 Å². The largest absolute Gasteiger partial charge is 0.493 e. The van der Waals surface area contributed by atoms with Gasteiger partial charge in [-0.2, -0.15) is 0 Å². The zero-order chi connectivity index (χ0) is 18.5. The molecular weight excluding hydrogens is 310 g/mol. The average Bonchev–Trinajstić information content (AvgIpc) is 2.60. The second kappa shape index (κ2) is 11.5. The number of hydrogen-bond donors (Lipinski definition) is 2. The zero-order valence-corrected chi connectivity index (χ0v) is 14.3. The molecule has 0 heterocycles. The van der Waals surface area contributed by atoms with Crippen LogP contribution in [0.5, 0.6) is 11.5 Å². The first-order valence-corrected chi connectivity index (χ1v) is 6.99. The van der Waals surface area contributed by atoms with Gasteiger partial charge in [-0.3, -0.25) is 14.6 Å². The molecule has 0 aliphatic carbocycles. The highest BCUT2D eigenvalue weighted by atomic mass is 16.5. The Morgan fingerprint density at radius 1 is 1.29 bits per heavy atom. The summed E-state index contributed by atoms with van der Waals surface area (Å²) in [4.78, 5) is 24.9. The topological polar surface area (TPSA) is 103 Å². The number of primary amides is 1. The maximum absolute atomic E-state index is 11.1. The number of methoxy groups -OCH3 is 2. The van der Waals surface area contributed by atoms with Crippen molar-refractivity contribution in [1.29, 1.82) is 0 Å². The van der Waals surface area contributed by atoms with Gasteiger partial charge in [0.2, 0.25) is 0 Å². The Bertz CT molecular complexity index is 637. The summed E-state index contributed by atoms with van der Waals surface area (Å²) in [6.45, 7) is 5.17. The number of amides is 1. The lowest BCUT2D eigenvalue weighted by atomic mass is 10.1. The molecule has 0 radical (unpaired) electrons. The highest BCUT2D eigenvalue weighted by molar-refractivity contribution is 5.99. The maximum atomic E-state index is 11.1. The molecule has 3 N–H and O–H groups in total. The van der Waals surface area contributed by atoms with Crippen molar-refractivity contribution in [2.24, 2.45) is 10.7 Å². The van der Waals surface area contributed by atoms with E-state index in [1.54, 1.807) is 38.4 Å². The lowest BCUT2D eigenvalue weighted by Crippen LogP contribution is -2.13.